The first-order valence-corrected chi connectivity index (χ1v) is 15.7. The summed E-state index contributed by atoms with van der Waals surface area (Å²) in [7, 11) is 0. The Labute approximate surface area is 246 Å². The van der Waals surface area contributed by atoms with Gasteiger partial charge in [0.15, 0.2) is 0 Å². The number of ether oxygens (including phenoxy) is 1. The van der Waals surface area contributed by atoms with Gasteiger partial charge < -0.3 is 25.8 Å². The Hall–Kier alpha value is -2.65. The van der Waals surface area contributed by atoms with E-state index in [1.807, 2.05) is 27.7 Å². The van der Waals surface area contributed by atoms with Crippen molar-refractivity contribution in [1.82, 2.24) is 16.0 Å². The minimum absolute atomic E-state index is 0.0463. The van der Waals surface area contributed by atoms with Gasteiger partial charge in [-0.05, 0) is 43.9 Å². The highest BCUT2D eigenvalue weighted by molar-refractivity contribution is 5.94. The summed E-state index contributed by atoms with van der Waals surface area (Å²) >= 11 is 0. The van der Waals surface area contributed by atoms with E-state index in [2.05, 4.69) is 22.9 Å². The van der Waals surface area contributed by atoms with Crippen LogP contribution in [-0.2, 0) is 28.7 Å². The Morgan fingerprint density at radius 2 is 1.27 bits per heavy atom. The fourth-order valence-corrected chi connectivity index (χ4v) is 5.06. The lowest BCUT2D eigenvalue weighted by molar-refractivity contribution is -0.155. The van der Waals surface area contributed by atoms with Crippen molar-refractivity contribution in [2.75, 3.05) is 0 Å². The molecule has 0 unspecified atom stereocenters. The normalized spacial score (nSPS) is 22.7. The second-order valence-electron chi connectivity index (χ2n) is 12.3. The van der Waals surface area contributed by atoms with Crippen LogP contribution in [0.5, 0.6) is 0 Å². The Bertz CT molecular complexity index is 831. The predicted octanol–water partition coefficient (Wildman–Crippen LogP) is 4.63. The van der Waals surface area contributed by atoms with Gasteiger partial charge in [-0.15, -0.1) is 0 Å². The molecule has 0 aromatic heterocycles. The van der Waals surface area contributed by atoms with Gasteiger partial charge in [0.2, 0.25) is 17.7 Å². The highest BCUT2D eigenvalue weighted by Crippen LogP contribution is 2.18. The maximum atomic E-state index is 13.3. The van der Waals surface area contributed by atoms with Crippen molar-refractivity contribution in [2.45, 2.75) is 155 Å². The van der Waals surface area contributed by atoms with Crippen molar-refractivity contribution in [2.24, 2.45) is 11.8 Å². The average Bonchev–Trinajstić information content (AvgIpc) is 2.88. The molecule has 1 aliphatic rings. The van der Waals surface area contributed by atoms with Crippen molar-refractivity contribution in [3.8, 4) is 0 Å². The molecule has 4 N–H and O–H groups in total. The van der Waals surface area contributed by atoms with Gasteiger partial charge in [-0.1, -0.05) is 86.0 Å². The molecule has 0 radical (unpaired) electrons. The molecule has 1 rings (SSSR count). The van der Waals surface area contributed by atoms with Gasteiger partial charge in [-0.2, -0.15) is 0 Å². The summed E-state index contributed by atoms with van der Waals surface area (Å²) in [6, 6.07) is -2.99. The highest BCUT2D eigenvalue weighted by atomic mass is 16.5. The van der Waals surface area contributed by atoms with Crippen LogP contribution < -0.4 is 16.0 Å². The number of aliphatic carboxylic acids is 1. The van der Waals surface area contributed by atoms with Crippen LogP contribution in [0.2, 0.25) is 0 Å². The van der Waals surface area contributed by atoms with E-state index in [0.717, 1.165) is 25.7 Å². The summed E-state index contributed by atoms with van der Waals surface area (Å²) in [4.78, 5) is 64.0. The number of carboxylic acids is 1. The summed E-state index contributed by atoms with van der Waals surface area (Å²) < 4.78 is 5.83. The van der Waals surface area contributed by atoms with E-state index in [0.29, 0.717) is 19.3 Å². The van der Waals surface area contributed by atoms with Crippen LogP contribution in [-0.4, -0.2) is 59.0 Å². The smallest absolute Gasteiger partial charge is 0.328 e. The molecule has 3 amide bonds. The Kier molecular flexibility index (Phi) is 18.0. The Balaban J connectivity index is 3.07. The van der Waals surface area contributed by atoms with Crippen molar-refractivity contribution < 1.29 is 33.8 Å². The number of esters is 1. The molecule has 236 valence electrons. The number of nitrogens with one attached hydrogen (secondary N) is 3. The zero-order valence-electron chi connectivity index (χ0n) is 26.0. The first-order chi connectivity index (χ1) is 19.4. The molecule has 0 spiro atoms. The largest absolute Gasteiger partial charge is 0.481 e. The number of rotatable bonds is 17. The summed E-state index contributed by atoms with van der Waals surface area (Å²) in [6.45, 7) is 9.88. The van der Waals surface area contributed by atoms with E-state index in [1.54, 1.807) is 0 Å². The van der Waals surface area contributed by atoms with Gasteiger partial charge in [0.25, 0.3) is 0 Å². The quantitative estimate of drug-likeness (QED) is 0.144. The standard InChI is InChI=1S/C31H55N3O7/c1-6-7-8-9-10-11-12-13-14-15-23-20-27(35)32-24(16-17-28(36)37)29(38)33-25(18-21(2)3)30(39)34-26(19-22(4)5)31(40)41-23/h21-26H,6-20H2,1-5H3,(H,32,35)(H,33,38)(H,34,39)(H,36,37)/t23-,24+,25-,26+/m1/s1. The summed E-state index contributed by atoms with van der Waals surface area (Å²) in [5.41, 5.74) is 0. The third-order valence-corrected chi connectivity index (χ3v) is 7.27. The Morgan fingerprint density at radius 3 is 1.83 bits per heavy atom. The molecule has 0 aromatic carbocycles. The predicted molar refractivity (Wildman–Crippen MR) is 158 cm³/mol. The van der Waals surface area contributed by atoms with E-state index in [4.69, 9.17) is 4.74 Å². The van der Waals surface area contributed by atoms with Crippen LogP contribution in [0.4, 0.5) is 0 Å². The lowest BCUT2D eigenvalue weighted by atomic mass is 10.00. The van der Waals surface area contributed by atoms with Crippen LogP contribution in [0.1, 0.15) is 131 Å². The molecular weight excluding hydrogens is 526 g/mol. The fraction of sp³-hybridized carbons (Fsp3) is 0.839. The van der Waals surface area contributed by atoms with Gasteiger partial charge in [-0.3, -0.25) is 19.2 Å². The fourth-order valence-electron chi connectivity index (χ4n) is 5.06. The maximum absolute atomic E-state index is 13.3. The summed E-state index contributed by atoms with van der Waals surface area (Å²) in [6.07, 6.45) is 9.99. The number of cyclic esters (lactones) is 1. The zero-order chi connectivity index (χ0) is 30.8. The van der Waals surface area contributed by atoms with E-state index in [-0.39, 0.29) is 31.1 Å². The number of unbranched alkanes of at least 4 members (excludes halogenated alkanes) is 8. The van der Waals surface area contributed by atoms with Crippen LogP contribution in [0.25, 0.3) is 0 Å². The van der Waals surface area contributed by atoms with E-state index < -0.39 is 53.9 Å². The molecule has 41 heavy (non-hydrogen) atoms. The molecule has 1 fully saturated rings. The molecular formula is C31H55N3O7. The molecule has 1 heterocycles. The number of carbonyl (C=O) groups is 5. The zero-order valence-corrected chi connectivity index (χ0v) is 26.0. The van der Waals surface area contributed by atoms with Gasteiger partial charge in [0.05, 0.1) is 6.42 Å². The molecule has 10 nitrogen and oxygen atoms in total. The topological polar surface area (TPSA) is 151 Å². The second kappa shape index (κ2) is 20.3. The molecule has 0 bridgehead atoms. The first kappa shape index (κ1) is 36.4. The minimum Gasteiger partial charge on any atom is -0.481 e. The molecule has 0 aliphatic carbocycles. The van der Waals surface area contributed by atoms with Crippen LogP contribution >= 0.6 is 0 Å². The first-order valence-electron chi connectivity index (χ1n) is 15.7. The lowest BCUT2D eigenvalue weighted by Crippen LogP contribution is -2.56. The molecule has 10 heteroatoms. The molecule has 0 saturated carbocycles. The van der Waals surface area contributed by atoms with Crippen molar-refractivity contribution >= 4 is 29.7 Å². The number of amides is 3. The van der Waals surface area contributed by atoms with Crippen LogP contribution in [0, 0.1) is 11.8 Å². The minimum atomic E-state index is -1.13. The van der Waals surface area contributed by atoms with Gasteiger partial charge in [-0.25, -0.2) is 4.79 Å². The third-order valence-electron chi connectivity index (χ3n) is 7.27. The number of carboxylic acid groups (broad SMARTS) is 1. The van der Waals surface area contributed by atoms with Gasteiger partial charge >= 0.3 is 11.9 Å². The van der Waals surface area contributed by atoms with Gasteiger partial charge in [0.1, 0.15) is 24.2 Å². The average molecular weight is 582 g/mol. The molecule has 4 atom stereocenters. The third kappa shape index (κ3) is 16.4. The SMILES string of the molecule is CCCCCCCCCCC[C@@H]1CC(=O)N[C@@H](CCC(=O)O)C(=O)N[C@H](CC(C)C)C(=O)N[C@@H](CC(C)C)C(=O)O1. The molecule has 1 saturated heterocycles. The maximum Gasteiger partial charge on any atom is 0.328 e. The van der Waals surface area contributed by atoms with Crippen molar-refractivity contribution in [3.63, 3.8) is 0 Å². The number of carbonyl (C=O) groups excluding carboxylic acids is 4. The van der Waals surface area contributed by atoms with Crippen LogP contribution in [0.15, 0.2) is 0 Å². The van der Waals surface area contributed by atoms with E-state index >= 15 is 0 Å². The molecule has 1 aliphatic heterocycles. The molecule has 0 aromatic rings. The highest BCUT2D eigenvalue weighted by Gasteiger charge is 2.33. The van der Waals surface area contributed by atoms with Crippen molar-refractivity contribution in [1.29, 1.82) is 0 Å². The van der Waals surface area contributed by atoms with Gasteiger partial charge in [0, 0.05) is 6.42 Å². The number of hydrogen-bond acceptors (Lipinski definition) is 6. The van der Waals surface area contributed by atoms with E-state index in [9.17, 15) is 29.1 Å². The van der Waals surface area contributed by atoms with Crippen LogP contribution in [0.3, 0.4) is 0 Å². The summed E-state index contributed by atoms with van der Waals surface area (Å²) in [5, 5.41) is 17.3. The monoisotopic (exact) mass is 581 g/mol. The van der Waals surface area contributed by atoms with E-state index in [1.165, 1.54) is 32.1 Å². The Morgan fingerprint density at radius 1 is 0.756 bits per heavy atom. The lowest BCUT2D eigenvalue weighted by Gasteiger charge is -2.26. The second-order valence-corrected chi connectivity index (χ2v) is 12.3. The van der Waals surface area contributed by atoms with Crippen molar-refractivity contribution in [3.05, 3.63) is 0 Å². The summed E-state index contributed by atoms with van der Waals surface area (Å²) in [5.74, 6) is -3.18. The number of hydrogen-bond donors (Lipinski definition) is 4.